The molecule has 0 aliphatic carbocycles. The van der Waals surface area contributed by atoms with E-state index in [2.05, 4.69) is 42.2 Å². The van der Waals surface area contributed by atoms with Crippen LogP contribution < -0.4 is 5.32 Å². The SMILES string of the molecule is [C-]#[N+]c1csc(-c2ccc3c(c2)C(C)(C)OC(C)N3)c1. The molecule has 0 fully saturated rings. The molecule has 1 aliphatic rings. The molecule has 1 unspecified atom stereocenters. The summed E-state index contributed by atoms with van der Waals surface area (Å²) in [4.78, 5) is 4.58. The van der Waals surface area contributed by atoms with Gasteiger partial charge < -0.3 is 10.1 Å². The fourth-order valence-corrected chi connectivity index (χ4v) is 3.43. The van der Waals surface area contributed by atoms with E-state index in [4.69, 9.17) is 11.3 Å². The minimum atomic E-state index is -0.310. The minimum Gasteiger partial charge on any atom is -0.360 e. The Morgan fingerprint density at radius 2 is 2.15 bits per heavy atom. The highest BCUT2D eigenvalue weighted by molar-refractivity contribution is 7.14. The first-order valence-electron chi connectivity index (χ1n) is 6.55. The van der Waals surface area contributed by atoms with Crippen molar-refractivity contribution in [3.05, 3.63) is 46.6 Å². The van der Waals surface area contributed by atoms with E-state index in [9.17, 15) is 0 Å². The quantitative estimate of drug-likeness (QED) is 0.746. The molecule has 2 aromatic rings. The van der Waals surface area contributed by atoms with E-state index < -0.39 is 0 Å². The molecule has 1 aliphatic heterocycles. The largest absolute Gasteiger partial charge is 0.360 e. The highest BCUT2D eigenvalue weighted by atomic mass is 32.1. The van der Waals surface area contributed by atoms with Gasteiger partial charge in [0.25, 0.3) is 0 Å². The van der Waals surface area contributed by atoms with E-state index in [0.717, 1.165) is 21.7 Å². The maximum atomic E-state index is 7.06. The third-order valence-corrected chi connectivity index (χ3v) is 4.46. The molecule has 1 aromatic heterocycles. The van der Waals surface area contributed by atoms with Gasteiger partial charge in [0, 0.05) is 16.1 Å². The second-order valence-electron chi connectivity index (χ2n) is 5.46. The van der Waals surface area contributed by atoms with Gasteiger partial charge >= 0.3 is 0 Å². The Kier molecular flexibility index (Phi) is 3.04. The summed E-state index contributed by atoms with van der Waals surface area (Å²) in [6, 6.07) is 8.29. The molecule has 3 nitrogen and oxygen atoms in total. The maximum Gasteiger partial charge on any atom is 0.198 e. The molecule has 0 radical (unpaired) electrons. The minimum absolute atomic E-state index is 0.0128. The van der Waals surface area contributed by atoms with Crippen molar-refractivity contribution in [2.45, 2.75) is 32.6 Å². The standard InChI is InChI=1S/C16H16N2OS/c1-10-18-14-6-5-11(7-13(14)16(2,3)19-10)15-8-12(17-4)9-20-15/h5-10,18H,1-3H3. The van der Waals surface area contributed by atoms with Crippen molar-refractivity contribution in [3.8, 4) is 10.4 Å². The second-order valence-corrected chi connectivity index (χ2v) is 6.37. The third-order valence-electron chi connectivity index (χ3n) is 3.50. The van der Waals surface area contributed by atoms with Crippen LogP contribution in [0.3, 0.4) is 0 Å². The lowest BCUT2D eigenvalue weighted by molar-refractivity contribution is -0.0632. The predicted octanol–water partition coefficient (Wildman–Crippen LogP) is 4.99. The Bertz CT molecular complexity index is 697. The molecule has 1 atom stereocenters. The highest BCUT2D eigenvalue weighted by Crippen LogP contribution is 2.40. The van der Waals surface area contributed by atoms with Gasteiger partial charge in [0.2, 0.25) is 0 Å². The van der Waals surface area contributed by atoms with Crippen LogP contribution in [-0.4, -0.2) is 6.23 Å². The van der Waals surface area contributed by atoms with Gasteiger partial charge in [0.1, 0.15) is 6.23 Å². The fraction of sp³-hybridized carbons (Fsp3) is 0.312. The van der Waals surface area contributed by atoms with E-state index in [-0.39, 0.29) is 11.8 Å². The lowest BCUT2D eigenvalue weighted by atomic mass is 9.92. The van der Waals surface area contributed by atoms with E-state index in [1.54, 1.807) is 11.3 Å². The molecule has 0 amide bonds. The Morgan fingerprint density at radius 1 is 1.35 bits per heavy atom. The molecule has 0 bridgehead atoms. The van der Waals surface area contributed by atoms with Crippen molar-refractivity contribution in [2.75, 3.05) is 5.32 Å². The molecular formula is C16H16N2OS. The number of nitrogens with one attached hydrogen (secondary N) is 1. The average molecular weight is 284 g/mol. The predicted molar refractivity (Wildman–Crippen MR) is 83.2 cm³/mol. The smallest absolute Gasteiger partial charge is 0.198 e. The number of benzene rings is 1. The van der Waals surface area contributed by atoms with Crippen LogP contribution >= 0.6 is 11.3 Å². The van der Waals surface area contributed by atoms with Gasteiger partial charge in [-0.15, -0.1) is 0 Å². The number of hydrogen-bond donors (Lipinski definition) is 1. The number of fused-ring (bicyclic) bond motifs is 1. The first-order valence-corrected chi connectivity index (χ1v) is 7.43. The Balaban J connectivity index is 2.07. The average Bonchev–Trinajstić information content (AvgIpc) is 2.86. The summed E-state index contributed by atoms with van der Waals surface area (Å²) in [5.41, 5.74) is 3.81. The molecule has 1 aromatic carbocycles. The zero-order valence-electron chi connectivity index (χ0n) is 11.7. The monoisotopic (exact) mass is 284 g/mol. The number of ether oxygens (including phenoxy) is 1. The number of anilines is 1. The molecule has 4 heteroatoms. The molecular weight excluding hydrogens is 268 g/mol. The molecule has 0 saturated heterocycles. The first kappa shape index (κ1) is 13.2. The van der Waals surface area contributed by atoms with Gasteiger partial charge in [-0.05, 0) is 49.9 Å². The molecule has 102 valence electrons. The molecule has 0 saturated carbocycles. The molecule has 20 heavy (non-hydrogen) atoms. The zero-order valence-corrected chi connectivity index (χ0v) is 12.5. The second kappa shape index (κ2) is 4.62. The van der Waals surface area contributed by atoms with Gasteiger partial charge in [-0.1, -0.05) is 6.07 Å². The Labute approximate surface area is 123 Å². The van der Waals surface area contributed by atoms with Crippen molar-refractivity contribution >= 4 is 22.7 Å². The fourth-order valence-electron chi connectivity index (χ4n) is 2.61. The lowest BCUT2D eigenvalue weighted by Crippen LogP contribution is -2.37. The van der Waals surface area contributed by atoms with Gasteiger partial charge in [0.05, 0.1) is 12.2 Å². The van der Waals surface area contributed by atoms with Crippen molar-refractivity contribution in [2.24, 2.45) is 0 Å². The van der Waals surface area contributed by atoms with Crippen LogP contribution in [0.2, 0.25) is 0 Å². The van der Waals surface area contributed by atoms with Crippen molar-refractivity contribution in [1.82, 2.24) is 0 Å². The van der Waals surface area contributed by atoms with Gasteiger partial charge in [-0.3, -0.25) is 0 Å². The van der Waals surface area contributed by atoms with Crippen LogP contribution in [0, 0.1) is 6.57 Å². The Hall–Kier alpha value is -1.83. The lowest BCUT2D eigenvalue weighted by Gasteiger charge is -2.37. The van der Waals surface area contributed by atoms with Crippen LogP contribution in [0.5, 0.6) is 0 Å². The van der Waals surface area contributed by atoms with Gasteiger partial charge in [-0.25, -0.2) is 4.85 Å². The van der Waals surface area contributed by atoms with Gasteiger partial charge in [-0.2, -0.15) is 11.3 Å². The van der Waals surface area contributed by atoms with Crippen LogP contribution in [0.4, 0.5) is 11.4 Å². The van der Waals surface area contributed by atoms with Crippen molar-refractivity contribution in [3.63, 3.8) is 0 Å². The highest BCUT2D eigenvalue weighted by Gasteiger charge is 2.31. The number of hydrogen-bond acceptors (Lipinski definition) is 3. The van der Waals surface area contributed by atoms with Crippen LogP contribution in [0.25, 0.3) is 15.3 Å². The molecule has 0 spiro atoms. The summed E-state index contributed by atoms with van der Waals surface area (Å²) in [6.45, 7) is 13.3. The number of nitrogens with zero attached hydrogens (tertiary/aromatic N) is 1. The summed E-state index contributed by atoms with van der Waals surface area (Å²) in [5.74, 6) is 0. The third kappa shape index (κ3) is 2.20. The van der Waals surface area contributed by atoms with E-state index in [0.29, 0.717) is 5.69 Å². The molecule has 1 N–H and O–H groups in total. The van der Waals surface area contributed by atoms with Crippen LogP contribution in [-0.2, 0) is 10.3 Å². The summed E-state index contributed by atoms with van der Waals surface area (Å²) in [5, 5.41) is 5.24. The zero-order chi connectivity index (χ0) is 14.3. The van der Waals surface area contributed by atoms with E-state index >= 15 is 0 Å². The van der Waals surface area contributed by atoms with E-state index in [1.807, 2.05) is 18.4 Å². The molecule has 2 heterocycles. The van der Waals surface area contributed by atoms with Crippen molar-refractivity contribution in [1.29, 1.82) is 0 Å². The summed E-state index contributed by atoms with van der Waals surface area (Å²) in [6.07, 6.45) is 0.0128. The van der Waals surface area contributed by atoms with Crippen molar-refractivity contribution < 1.29 is 4.74 Å². The topological polar surface area (TPSA) is 25.6 Å². The first-order chi connectivity index (χ1) is 9.49. The Morgan fingerprint density at radius 3 is 2.85 bits per heavy atom. The normalized spacial score (nSPS) is 19.8. The van der Waals surface area contributed by atoms with Crippen LogP contribution in [0.15, 0.2) is 29.6 Å². The number of rotatable bonds is 1. The number of thiophene rings is 1. The van der Waals surface area contributed by atoms with Crippen LogP contribution in [0.1, 0.15) is 26.3 Å². The maximum absolute atomic E-state index is 7.06. The summed E-state index contributed by atoms with van der Waals surface area (Å²) >= 11 is 1.60. The van der Waals surface area contributed by atoms with Gasteiger partial charge in [0.15, 0.2) is 5.69 Å². The summed E-state index contributed by atoms with van der Waals surface area (Å²) in [7, 11) is 0. The summed E-state index contributed by atoms with van der Waals surface area (Å²) < 4.78 is 5.96. The molecule has 3 rings (SSSR count). The van der Waals surface area contributed by atoms with E-state index in [1.165, 1.54) is 0 Å².